The zero-order valence-electron chi connectivity index (χ0n) is 15.9. The van der Waals surface area contributed by atoms with Crippen LogP contribution >= 0.6 is 11.3 Å². The molecule has 5 nitrogen and oxygen atoms in total. The maximum atomic E-state index is 12.9. The minimum atomic E-state index is -0.165. The molecule has 1 saturated heterocycles. The molecule has 1 N–H and O–H groups in total. The van der Waals surface area contributed by atoms with Crippen LogP contribution in [0.2, 0.25) is 0 Å². The third-order valence-electron chi connectivity index (χ3n) is 5.73. The second kappa shape index (κ2) is 7.50. The summed E-state index contributed by atoms with van der Waals surface area (Å²) in [6, 6.07) is 3.99. The van der Waals surface area contributed by atoms with Gasteiger partial charge in [0.05, 0.1) is 11.1 Å². The second-order valence-electron chi connectivity index (χ2n) is 7.88. The van der Waals surface area contributed by atoms with Crippen molar-refractivity contribution in [2.45, 2.75) is 52.0 Å². The first-order valence-electron chi connectivity index (χ1n) is 9.77. The molecule has 0 bridgehead atoms. The molecule has 2 aliphatic rings. The highest BCUT2D eigenvalue weighted by Gasteiger charge is 2.28. The molecular formula is C21H26N2O3S. The van der Waals surface area contributed by atoms with Crippen molar-refractivity contribution in [3.8, 4) is 0 Å². The summed E-state index contributed by atoms with van der Waals surface area (Å²) < 4.78 is 5.26. The number of nitrogens with one attached hydrogen (secondary N) is 1. The zero-order chi connectivity index (χ0) is 19.0. The lowest BCUT2D eigenvalue weighted by molar-refractivity contribution is 0.0700. The van der Waals surface area contributed by atoms with Crippen molar-refractivity contribution in [3.05, 3.63) is 45.0 Å². The Kier molecular flexibility index (Phi) is 5.08. The Labute approximate surface area is 163 Å². The molecule has 1 aliphatic carbocycles. The van der Waals surface area contributed by atoms with Crippen molar-refractivity contribution < 1.29 is 14.0 Å². The Bertz CT molecular complexity index is 845. The van der Waals surface area contributed by atoms with Crippen molar-refractivity contribution in [2.75, 3.05) is 13.1 Å². The maximum Gasteiger partial charge on any atom is 0.287 e. The van der Waals surface area contributed by atoms with Gasteiger partial charge < -0.3 is 14.6 Å². The summed E-state index contributed by atoms with van der Waals surface area (Å²) >= 11 is 1.68. The van der Waals surface area contributed by atoms with Gasteiger partial charge in [-0.2, -0.15) is 0 Å². The van der Waals surface area contributed by atoms with E-state index in [0.717, 1.165) is 36.1 Å². The van der Waals surface area contributed by atoms with E-state index in [9.17, 15) is 9.59 Å². The molecule has 3 heterocycles. The highest BCUT2D eigenvalue weighted by atomic mass is 32.1. The van der Waals surface area contributed by atoms with E-state index in [-0.39, 0.29) is 17.9 Å². The molecule has 0 saturated carbocycles. The molecule has 2 amide bonds. The van der Waals surface area contributed by atoms with Crippen molar-refractivity contribution in [1.82, 2.24) is 10.2 Å². The SMILES string of the molecule is Cc1ccoc1C(=O)NC1CCN(C(=O)c2cc3c(s2)CCC(C)C3)CC1. The molecule has 2 aromatic rings. The monoisotopic (exact) mass is 386 g/mol. The average Bonchev–Trinajstić information content (AvgIpc) is 3.27. The Balaban J connectivity index is 1.33. The van der Waals surface area contributed by atoms with Gasteiger partial charge in [-0.25, -0.2) is 0 Å². The molecule has 2 aromatic heterocycles. The first kappa shape index (κ1) is 18.3. The summed E-state index contributed by atoms with van der Waals surface area (Å²) in [6.07, 6.45) is 6.52. The molecule has 0 radical (unpaired) electrons. The van der Waals surface area contributed by atoms with Crippen LogP contribution in [-0.4, -0.2) is 35.8 Å². The average molecular weight is 387 g/mol. The summed E-state index contributed by atoms with van der Waals surface area (Å²) in [5.74, 6) is 1.08. The summed E-state index contributed by atoms with van der Waals surface area (Å²) in [6.45, 7) is 5.51. The van der Waals surface area contributed by atoms with Crippen LogP contribution in [-0.2, 0) is 12.8 Å². The van der Waals surface area contributed by atoms with Gasteiger partial charge in [0.1, 0.15) is 0 Å². The van der Waals surface area contributed by atoms with Gasteiger partial charge in [-0.3, -0.25) is 9.59 Å². The van der Waals surface area contributed by atoms with E-state index in [4.69, 9.17) is 4.42 Å². The number of hydrogen-bond acceptors (Lipinski definition) is 4. The zero-order valence-corrected chi connectivity index (χ0v) is 16.7. The molecule has 6 heteroatoms. The fraction of sp³-hybridized carbons (Fsp3) is 0.524. The highest BCUT2D eigenvalue weighted by Crippen LogP contribution is 2.33. The molecule has 144 valence electrons. The Morgan fingerprint density at radius 2 is 2.04 bits per heavy atom. The molecule has 4 rings (SSSR count). The van der Waals surface area contributed by atoms with E-state index in [1.165, 1.54) is 23.1 Å². The molecular weight excluding hydrogens is 360 g/mol. The third kappa shape index (κ3) is 3.81. The van der Waals surface area contributed by atoms with E-state index >= 15 is 0 Å². The Morgan fingerprint density at radius 3 is 2.74 bits per heavy atom. The minimum absolute atomic E-state index is 0.0865. The normalized spacial score (nSPS) is 20.4. The van der Waals surface area contributed by atoms with Crippen molar-refractivity contribution >= 4 is 23.2 Å². The van der Waals surface area contributed by atoms with Crippen LogP contribution in [0.3, 0.4) is 0 Å². The van der Waals surface area contributed by atoms with Crippen LogP contribution in [0.1, 0.15) is 62.4 Å². The van der Waals surface area contributed by atoms with E-state index in [1.54, 1.807) is 17.4 Å². The smallest absolute Gasteiger partial charge is 0.287 e. The van der Waals surface area contributed by atoms with Crippen LogP contribution in [0.25, 0.3) is 0 Å². The number of thiophene rings is 1. The molecule has 1 unspecified atom stereocenters. The minimum Gasteiger partial charge on any atom is -0.459 e. The standard InChI is InChI=1S/C21H26N2O3S/c1-13-3-4-17-15(11-13)12-18(27-17)21(25)23-8-5-16(6-9-23)22-20(24)19-14(2)7-10-26-19/h7,10,12-13,16H,3-6,8-9,11H2,1-2H3,(H,22,24). The van der Waals surface area contributed by atoms with Crippen LogP contribution in [0.5, 0.6) is 0 Å². The largest absolute Gasteiger partial charge is 0.459 e. The summed E-state index contributed by atoms with van der Waals surface area (Å²) in [4.78, 5) is 29.4. The molecule has 1 atom stereocenters. The number of furan rings is 1. The number of aryl methyl sites for hydroxylation is 2. The van der Waals surface area contributed by atoms with Gasteiger partial charge in [0, 0.05) is 29.6 Å². The number of hydrogen-bond donors (Lipinski definition) is 1. The molecule has 1 fully saturated rings. The van der Waals surface area contributed by atoms with Gasteiger partial charge >= 0.3 is 0 Å². The summed E-state index contributed by atoms with van der Waals surface area (Å²) in [5, 5.41) is 3.04. The first-order valence-corrected chi connectivity index (χ1v) is 10.6. The number of fused-ring (bicyclic) bond motifs is 1. The Morgan fingerprint density at radius 1 is 1.26 bits per heavy atom. The highest BCUT2D eigenvalue weighted by molar-refractivity contribution is 7.14. The van der Waals surface area contributed by atoms with Crippen LogP contribution in [0.15, 0.2) is 22.8 Å². The molecule has 27 heavy (non-hydrogen) atoms. The van der Waals surface area contributed by atoms with Crippen LogP contribution in [0.4, 0.5) is 0 Å². The van der Waals surface area contributed by atoms with Gasteiger partial charge in [0.2, 0.25) is 0 Å². The third-order valence-corrected chi connectivity index (χ3v) is 6.95. The Hall–Kier alpha value is -2.08. The fourth-order valence-electron chi connectivity index (χ4n) is 4.05. The van der Waals surface area contributed by atoms with E-state index in [2.05, 4.69) is 18.3 Å². The lowest BCUT2D eigenvalue weighted by Crippen LogP contribution is -2.46. The topological polar surface area (TPSA) is 62.6 Å². The first-order chi connectivity index (χ1) is 13.0. The van der Waals surface area contributed by atoms with Crippen LogP contribution in [0, 0.1) is 12.8 Å². The number of rotatable bonds is 3. The van der Waals surface area contributed by atoms with Gasteiger partial charge in [-0.15, -0.1) is 11.3 Å². The lowest BCUT2D eigenvalue weighted by atomic mass is 9.90. The van der Waals surface area contributed by atoms with E-state index in [0.29, 0.717) is 24.8 Å². The number of amides is 2. The molecule has 0 spiro atoms. The summed E-state index contributed by atoms with van der Waals surface area (Å²) in [7, 11) is 0. The van der Waals surface area contributed by atoms with Gasteiger partial charge in [0.25, 0.3) is 11.8 Å². The fourth-order valence-corrected chi connectivity index (χ4v) is 5.23. The van der Waals surface area contributed by atoms with Gasteiger partial charge in [-0.1, -0.05) is 6.92 Å². The predicted octanol–water partition coefficient (Wildman–Crippen LogP) is 3.81. The van der Waals surface area contributed by atoms with Gasteiger partial charge in [0.15, 0.2) is 5.76 Å². The van der Waals surface area contributed by atoms with E-state index in [1.807, 2.05) is 11.8 Å². The quantitative estimate of drug-likeness (QED) is 0.872. The van der Waals surface area contributed by atoms with Crippen molar-refractivity contribution in [3.63, 3.8) is 0 Å². The number of carbonyl (C=O) groups excluding carboxylic acids is 2. The molecule has 1 aliphatic heterocycles. The molecule has 0 aromatic carbocycles. The maximum absolute atomic E-state index is 12.9. The van der Waals surface area contributed by atoms with Gasteiger partial charge in [-0.05, 0) is 62.6 Å². The predicted molar refractivity (Wildman–Crippen MR) is 105 cm³/mol. The summed E-state index contributed by atoms with van der Waals surface area (Å²) in [5.41, 5.74) is 2.22. The van der Waals surface area contributed by atoms with E-state index < -0.39 is 0 Å². The second-order valence-corrected chi connectivity index (χ2v) is 9.02. The number of nitrogens with zero attached hydrogens (tertiary/aromatic N) is 1. The van der Waals surface area contributed by atoms with Crippen LogP contribution < -0.4 is 5.32 Å². The van der Waals surface area contributed by atoms with Crippen molar-refractivity contribution in [2.24, 2.45) is 5.92 Å². The lowest BCUT2D eigenvalue weighted by Gasteiger charge is -2.32. The number of piperidine rings is 1. The van der Waals surface area contributed by atoms with Crippen molar-refractivity contribution in [1.29, 1.82) is 0 Å². The number of likely N-dealkylation sites (tertiary alicyclic amines) is 1. The number of carbonyl (C=O) groups is 2.